The van der Waals surface area contributed by atoms with Gasteiger partial charge in [0.15, 0.2) is 5.13 Å². The Bertz CT molecular complexity index is 834. The van der Waals surface area contributed by atoms with Crippen LogP contribution >= 0.6 is 35.3 Å². The van der Waals surface area contributed by atoms with Gasteiger partial charge in [-0.25, -0.2) is 4.98 Å². The van der Waals surface area contributed by atoms with Gasteiger partial charge in [-0.05, 0) is 19.4 Å². The smallest absolute Gasteiger partial charge is 0.246 e. The number of carbonyl (C=O) groups is 2. The molecule has 0 bridgehead atoms. The molecule has 2 heterocycles. The molecule has 1 aromatic carbocycles. The van der Waals surface area contributed by atoms with E-state index in [0.29, 0.717) is 9.45 Å². The number of hydrogen-bond acceptors (Lipinski definition) is 6. The van der Waals surface area contributed by atoms with E-state index in [9.17, 15) is 9.59 Å². The molecule has 2 amide bonds. The summed E-state index contributed by atoms with van der Waals surface area (Å²) in [5.74, 6) is -0.411. The molecule has 130 valence electrons. The standard InChI is InChI=1S/C17H17N3O2S3/c1-10-4-3-5-12(6-10)7-13-8-18-16(25-13)19-14(21)9-20-15(22)11(2)24-17(20)23/h3-6,8,11H,7,9H2,1-2H3,(H,18,19,21). The minimum Gasteiger partial charge on any atom is -0.300 e. The number of nitrogens with zero attached hydrogens (tertiary/aromatic N) is 2. The number of anilines is 1. The molecule has 3 rings (SSSR count). The summed E-state index contributed by atoms with van der Waals surface area (Å²) in [7, 11) is 0. The summed E-state index contributed by atoms with van der Waals surface area (Å²) in [6.45, 7) is 3.78. The molecule has 1 atom stereocenters. The zero-order valence-corrected chi connectivity index (χ0v) is 16.3. The zero-order valence-electron chi connectivity index (χ0n) is 13.8. The average Bonchev–Trinajstić information content (AvgIpc) is 3.07. The van der Waals surface area contributed by atoms with Crippen LogP contribution in [0.4, 0.5) is 5.13 Å². The van der Waals surface area contributed by atoms with Crippen LogP contribution in [0.25, 0.3) is 0 Å². The van der Waals surface area contributed by atoms with Gasteiger partial charge in [-0.15, -0.1) is 11.3 Å². The predicted octanol–water partition coefficient (Wildman–Crippen LogP) is 3.23. The van der Waals surface area contributed by atoms with Crippen molar-refractivity contribution in [1.82, 2.24) is 9.88 Å². The van der Waals surface area contributed by atoms with Crippen molar-refractivity contribution in [2.75, 3.05) is 11.9 Å². The number of carbonyl (C=O) groups excluding carboxylic acids is 2. The summed E-state index contributed by atoms with van der Waals surface area (Å²) in [5.41, 5.74) is 2.43. The SMILES string of the molecule is Cc1cccc(Cc2cnc(NC(=O)CN3C(=O)C(C)SC3=S)s2)c1. The topological polar surface area (TPSA) is 62.3 Å². The summed E-state index contributed by atoms with van der Waals surface area (Å²) in [6, 6.07) is 8.30. The summed E-state index contributed by atoms with van der Waals surface area (Å²) >= 11 is 7.88. The molecule has 0 aliphatic carbocycles. The minimum atomic E-state index is -0.290. The van der Waals surface area contributed by atoms with Crippen LogP contribution in [0.3, 0.4) is 0 Å². The Hall–Kier alpha value is -1.77. The van der Waals surface area contributed by atoms with E-state index in [2.05, 4.69) is 35.4 Å². The van der Waals surface area contributed by atoms with E-state index in [1.807, 2.05) is 6.07 Å². The van der Waals surface area contributed by atoms with Crippen LogP contribution in [0, 0.1) is 6.92 Å². The van der Waals surface area contributed by atoms with Crippen molar-refractivity contribution >= 4 is 56.6 Å². The zero-order chi connectivity index (χ0) is 18.0. The minimum absolute atomic E-state index is 0.0677. The summed E-state index contributed by atoms with van der Waals surface area (Å²) in [4.78, 5) is 30.8. The Morgan fingerprint density at radius 1 is 1.44 bits per heavy atom. The fourth-order valence-electron chi connectivity index (χ4n) is 2.49. The van der Waals surface area contributed by atoms with Gasteiger partial charge in [0.05, 0.1) is 5.25 Å². The molecule has 1 aliphatic rings. The Kier molecular flexibility index (Phi) is 5.51. The number of thiazole rings is 1. The number of amides is 2. The number of thiocarbonyl (C=S) groups is 1. The number of nitrogens with one attached hydrogen (secondary N) is 1. The van der Waals surface area contributed by atoms with Crippen LogP contribution in [0.5, 0.6) is 0 Å². The van der Waals surface area contributed by atoms with Crippen molar-refractivity contribution in [1.29, 1.82) is 0 Å². The van der Waals surface area contributed by atoms with E-state index in [1.165, 1.54) is 39.1 Å². The molecule has 5 nitrogen and oxygen atoms in total. The van der Waals surface area contributed by atoms with Crippen molar-refractivity contribution in [3.63, 3.8) is 0 Å². The van der Waals surface area contributed by atoms with E-state index in [0.717, 1.165) is 11.3 Å². The van der Waals surface area contributed by atoms with Gasteiger partial charge in [0.1, 0.15) is 10.9 Å². The Morgan fingerprint density at radius 2 is 2.24 bits per heavy atom. The van der Waals surface area contributed by atoms with E-state index in [-0.39, 0.29) is 23.6 Å². The molecule has 1 unspecified atom stereocenters. The first-order chi connectivity index (χ1) is 11.9. The highest BCUT2D eigenvalue weighted by Gasteiger charge is 2.34. The first-order valence-electron chi connectivity index (χ1n) is 7.74. The molecule has 1 aliphatic heterocycles. The third-order valence-electron chi connectivity index (χ3n) is 3.67. The predicted molar refractivity (Wildman–Crippen MR) is 106 cm³/mol. The quantitative estimate of drug-likeness (QED) is 0.793. The van der Waals surface area contributed by atoms with E-state index in [1.54, 1.807) is 13.1 Å². The lowest BCUT2D eigenvalue weighted by Crippen LogP contribution is -2.37. The normalized spacial score (nSPS) is 17.2. The van der Waals surface area contributed by atoms with E-state index in [4.69, 9.17) is 12.2 Å². The molecule has 0 radical (unpaired) electrons. The van der Waals surface area contributed by atoms with E-state index >= 15 is 0 Å². The second kappa shape index (κ2) is 7.63. The Morgan fingerprint density at radius 3 is 2.92 bits per heavy atom. The maximum absolute atomic E-state index is 12.2. The van der Waals surface area contributed by atoms with Gasteiger partial charge in [0.2, 0.25) is 11.8 Å². The maximum atomic E-state index is 12.2. The molecule has 1 fully saturated rings. The summed E-state index contributed by atoms with van der Waals surface area (Å²) < 4.78 is 0.451. The van der Waals surface area contributed by atoms with Gasteiger partial charge >= 0.3 is 0 Å². The number of aromatic nitrogens is 1. The highest BCUT2D eigenvalue weighted by Crippen LogP contribution is 2.27. The molecule has 1 aromatic heterocycles. The Labute approximate surface area is 159 Å². The average molecular weight is 392 g/mol. The van der Waals surface area contributed by atoms with Crippen LogP contribution in [0.1, 0.15) is 22.9 Å². The van der Waals surface area contributed by atoms with Gasteiger partial charge in [0.25, 0.3) is 0 Å². The van der Waals surface area contributed by atoms with Gasteiger partial charge < -0.3 is 5.32 Å². The molecule has 1 N–H and O–H groups in total. The fourth-order valence-corrected chi connectivity index (χ4v) is 4.75. The monoisotopic (exact) mass is 391 g/mol. The van der Waals surface area contributed by atoms with Crippen LogP contribution in [0.2, 0.25) is 0 Å². The second-order valence-corrected chi connectivity index (χ2v) is 8.89. The molecule has 8 heteroatoms. The molecule has 25 heavy (non-hydrogen) atoms. The number of benzene rings is 1. The van der Waals surface area contributed by atoms with Crippen LogP contribution < -0.4 is 5.32 Å². The van der Waals surface area contributed by atoms with Crippen LogP contribution in [-0.2, 0) is 16.0 Å². The lowest BCUT2D eigenvalue weighted by atomic mass is 10.1. The number of thioether (sulfide) groups is 1. The highest BCUT2D eigenvalue weighted by molar-refractivity contribution is 8.24. The van der Waals surface area contributed by atoms with Gasteiger partial charge in [-0.3, -0.25) is 14.5 Å². The largest absolute Gasteiger partial charge is 0.300 e. The third kappa shape index (κ3) is 4.45. The lowest BCUT2D eigenvalue weighted by Gasteiger charge is -2.13. The number of hydrogen-bond donors (Lipinski definition) is 1. The molecule has 2 aromatic rings. The highest BCUT2D eigenvalue weighted by atomic mass is 32.2. The van der Waals surface area contributed by atoms with Crippen LogP contribution in [0.15, 0.2) is 30.5 Å². The van der Waals surface area contributed by atoms with Crippen molar-refractivity contribution in [3.8, 4) is 0 Å². The first-order valence-corrected chi connectivity index (χ1v) is 9.85. The van der Waals surface area contributed by atoms with Gasteiger partial charge in [0, 0.05) is 17.5 Å². The van der Waals surface area contributed by atoms with E-state index < -0.39 is 0 Å². The van der Waals surface area contributed by atoms with Crippen molar-refractivity contribution in [2.45, 2.75) is 25.5 Å². The molecular weight excluding hydrogens is 374 g/mol. The van der Waals surface area contributed by atoms with Crippen molar-refractivity contribution in [2.24, 2.45) is 0 Å². The molecule has 1 saturated heterocycles. The van der Waals surface area contributed by atoms with Gasteiger partial charge in [-0.1, -0.05) is 53.8 Å². The van der Waals surface area contributed by atoms with Crippen molar-refractivity contribution in [3.05, 3.63) is 46.5 Å². The third-order valence-corrected chi connectivity index (χ3v) is 6.07. The second-order valence-electron chi connectivity index (χ2n) is 5.80. The fraction of sp³-hybridized carbons (Fsp3) is 0.294. The Balaban J connectivity index is 1.58. The molecule has 0 saturated carbocycles. The number of aryl methyl sites for hydroxylation is 1. The molecular formula is C17H17N3O2S3. The summed E-state index contributed by atoms with van der Waals surface area (Å²) in [6.07, 6.45) is 2.55. The van der Waals surface area contributed by atoms with Crippen molar-refractivity contribution < 1.29 is 9.59 Å². The molecule has 0 spiro atoms. The van der Waals surface area contributed by atoms with Crippen LogP contribution in [-0.4, -0.2) is 37.8 Å². The lowest BCUT2D eigenvalue weighted by molar-refractivity contribution is -0.129. The summed E-state index contributed by atoms with van der Waals surface area (Å²) in [5, 5.41) is 3.06. The van der Waals surface area contributed by atoms with Gasteiger partial charge in [-0.2, -0.15) is 0 Å². The maximum Gasteiger partial charge on any atom is 0.246 e. The first kappa shape index (κ1) is 18.0. The number of rotatable bonds is 5.